The van der Waals surface area contributed by atoms with Crippen molar-refractivity contribution >= 4 is 44.5 Å². The lowest BCUT2D eigenvalue weighted by molar-refractivity contribution is -0.289. The van der Waals surface area contributed by atoms with Gasteiger partial charge in [-0.25, -0.2) is 18.4 Å². The average molecular weight is 526 g/mol. The smallest absolute Gasteiger partial charge is 0.305 e. The highest BCUT2D eigenvalue weighted by Crippen LogP contribution is 2.43. The predicted octanol–water partition coefficient (Wildman–Crippen LogP) is 5.56. The van der Waals surface area contributed by atoms with Crippen LogP contribution in [-0.4, -0.2) is 36.2 Å². The predicted molar refractivity (Wildman–Crippen MR) is 112 cm³/mol. The first kappa shape index (κ1) is 25.0. The third-order valence-corrected chi connectivity index (χ3v) is 7.39. The van der Waals surface area contributed by atoms with Gasteiger partial charge in [-0.2, -0.15) is 22.0 Å². The molecule has 0 saturated heterocycles. The van der Waals surface area contributed by atoms with Gasteiger partial charge in [0.1, 0.15) is 11.5 Å². The number of pyridine rings is 2. The van der Waals surface area contributed by atoms with E-state index >= 15 is 0 Å². The molecule has 0 spiro atoms. The van der Waals surface area contributed by atoms with Gasteiger partial charge in [0, 0.05) is 28.4 Å². The number of alkyl halides is 5. The fourth-order valence-corrected chi connectivity index (χ4v) is 4.69. The summed E-state index contributed by atoms with van der Waals surface area (Å²) in [6, 6.07) is 5.70. The van der Waals surface area contributed by atoms with Crippen LogP contribution in [0.4, 0.5) is 27.8 Å². The SMILES string of the molecule is CCS(=O)(=O)c1cc(-c2ccc(Cl)s2)cnc1C(=O)Nc1ccc(C(F)(F)C(F)(F)F)cn1. The summed E-state index contributed by atoms with van der Waals surface area (Å²) in [6.07, 6.45) is -4.29. The molecule has 3 aromatic heterocycles. The highest BCUT2D eigenvalue weighted by atomic mass is 35.5. The number of aromatic nitrogens is 2. The van der Waals surface area contributed by atoms with Gasteiger partial charge in [0.05, 0.1) is 15.0 Å². The molecule has 0 atom stereocenters. The van der Waals surface area contributed by atoms with E-state index in [0.717, 1.165) is 6.07 Å². The Hall–Kier alpha value is -2.64. The number of thiophene rings is 1. The van der Waals surface area contributed by atoms with Gasteiger partial charge in [-0.05, 0) is 30.3 Å². The fraction of sp³-hybridized carbons (Fsp3) is 0.211. The van der Waals surface area contributed by atoms with Crippen LogP contribution < -0.4 is 5.32 Å². The van der Waals surface area contributed by atoms with E-state index in [1.54, 1.807) is 12.1 Å². The molecule has 176 valence electrons. The Morgan fingerprint density at radius 1 is 1.09 bits per heavy atom. The molecule has 33 heavy (non-hydrogen) atoms. The highest BCUT2D eigenvalue weighted by molar-refractivity contribution is 7.91. The number of anilines is 1. The second kappa shape index (κ2) is 8.95. The quantitative estimate of drug-likeness (QED) is 0.426. The second-order valence-corrected chi connectivity index (χ2v) is 10.5. The molecule has 0 aliphatic heterocycles. The number of nitrogens with zero attached hydrogens (tertiary/aromatic N) is 2. The average Bonchev–Trinajstić information content (AvgIpc) is 3.19. The third-order valence-electron chi connectivity index (χ3n) is 4.36. The molecule has 0 aromatic carbocycles. The van der Waals surface area contributed by atoms with Crippen LogP contribution in [0.5, 0.6) is 0 Å². The number of carbonyl (C=O) groups excluding carboxylic acids is 1. The van der Waals surface area contributed by atoms with E-state index in [1.807, 2.05) is 0 Å². The first-order valence-corrected chi connectivity index (χ1v) is 11.8. The lowest BCUT2D eigenvalue weighted by atomic mass is 10.1. The summed E-state index contributed by atoms with van der Waals surface area (Å²) < 4.78 is 89.8. The molecule has 3 rings (SSSR count). The van der Waals surface area contributed by atoms with E-state index in [1.165, 1.54) is 30.5 Å². The summed E-state index contributed by atoms with van der Waals surface area (Å²) in [6.45, 7) is 1.37. The Labute approximate surface area is 193 Å². The Morgan fingerprint density at radius 3 is 2.30 bits per heavy atom. The maximum absolute atomic E-state index is 13.4. The molecule has 0 fully saturated rings. The lowest BCUT2D eigenvalue weighted by Crippen LogP contribution is -2.33. The van der Waals surface area contributed by atoms with E-state index in [2.05, 4.69) is 15.3 Å². The Bertz CT molecular complexity index is 1290. The summed E-state index contributed by atoms with van der Waals surface area (Å²) in [7, 11) is -3.93. The molecule has 3 aromatic rings. The van der Waals surface area contributed by atoms with Gasteiger partial charge >= 0.3 is 12.1 Å². The number of nitrogens with one attached hydrogen (secondary N) is 1. The molecule has 14 heteroatoms. The Kier molecular flexibility index (Phi) is 6.78. The Balaban J connectivity index is 1.94. The van der Waals surface area contributed by atoms with Crippen molar-refractivity contribution in [3.63, 3.8) is 0 Å². The number of sulfone groups is 1. The molecule has 6 nitrogen and oxygen atoms in total. The summed E-state index contributed by atoms with van der Waals surface area (Å²) >= 11 is 7.07. The van der Waals surface area contributed by atoms with Crippen molar-refractivity contribution in [2.45, 2.75) is 23.9 Å². The number of amides is 1. The van der Waals surface area contributed by atoms with Crippen molar-refractivity contribution in [3.05, 3.63) is 58.3 Å². The molecule has 3 heterocycles. The van der Waals surface area contributed by atoms with Crippen molar-refractivity contribution in [1.29, 1.82) is 0 Å². The van der Waals surface area contributed by atoms with Crippen molar-refractivity contribution in [2.75, 3.05) is 11.1 Å². The lowest BCUT2D eigenvalue weighted by Gasteiger charge is -2.19. The van der Waals surface area contributed by atoms with Gasteiger partial charge in [0.15, 0.2) is 9.84 Å². The van der Waals surface area contributed by atoms with Crippen molar-refractivity contribution in [3.8, 4) is 10.4 Å². The highest BCUT2D eigenvalue weighted by Gasteiger charge is 2.58. The molecule has 0 bridgehead atoms. The van der Waals surface area contributed by atoms with Gasteiger partial charge in [-0.3, -0.25) is 4.79 Å². The van der Waals surface area contributed by atoms with E-state index in [9.17, 15) is 35.2 Å². The molecule has 1 N–H and O–H groups in total. The van der Waals surface area contributed by atoms with Crippen LogP contribution in [0.25, 0.3) is 10.4 Å². The third kappa shape index (κ3) is 5.14. The molecule has 0 saturated carbocycles. The zero-order valence-corrected chi connectivity index (χ0v) is 18.8. The van der Waals surface area contributed by atoms with E-state index < -0.39 is 39.1 Å². The number of hydrogen-bond acceptors (Lipinski definition) is 6. The van der Waals surface area contributed by atoms with Crippen LogP contribution in [0, 0.1) is 0 Å². The van der Waals surface area contributed by atoms with E-state index in [-0.39, 0.29) is 22.7 Å². The van der Waals surface area contributed by atoms with Gasteiger partial charge in [0.2, 0.25) is 0 Å². The molecule has 0 radical (unpaired) electrons. The molecular formula is C19H13ClF5N3O3S2. The normalized spacial score (nSPS) is 12.6. The minimum Gasteiger partial charge on any atom is -0.305 e. The van der Waals surface area contributed by atoms with Crippen molar-refractivity contribution < 1.29 is 35.2 Å². The maximum atomic E-state index is 13.4. The number of halogens is 6. The van der Waals surface area contributed by atoms with Crippen LogP contribution in [0.1, 0.15) is 23.0 Å². The monoisotopic (exact) mass is 525 g/mol. The topological polar surface area (TPSA) is 89.0 Å². The fourth-order valence-electron chi connectivity index (χ4n) is 2.60. The molecular weight excluding hydrogens is 513 g/mol. The zero-order valence-electron chi connectivity index (χ0n) is 16.5. The van der Waals surface area contributed by atoms with Crippen molar-refractivity contribution in [1.82, 2.24) is 9.97 Å². The summed E-state index contributed by atoms with van der Waals surface area (Å²) in [4.78, 5) is 20.2. The summed E-state index contributed by atoms with van der Waals surface area (Å²) in [5.41, 5.74) is -1.51. The summed E-state index contributed by atoms with van der Waals surface area (Å²) in [5, 5.41) is 2.15. The summed E-state index contributed by atoms with van der Waals surface area (Å²) in [5.74, 6) is -6.89. The number of hydrogen-bond donors (Lipinski definition) is 1. The number of carbonyl (C=O) groups is 1. The standard InChI is InChI=1S/C19H13ClF5N3O3S2/c1-2-33(30,31)13-7-10(12-4-5-14(20)32-12)8-27-16(13)17(29)28-15-6-3-11(9-26-15)18(21,22)19(23,24)25/h3-9H,2H2,1H3,(H,26,28,29). The van der Waals surface area contributed by atoms with Crippen LogP contribution in [0.2, 0.25) is 4.34 Å². The van der Waals surface area contributed by atoms with E-state index in [4.69, 9.17) is 11.6 Å². The van der Waals surface area contributed by atoms with E-state index in [0.29, 0.717) is 20.8 Å². The van der Waals surface area contributed by atoms with Gasteiger partial charge in [-0.1, -0.05) is 18.5 Å². The first-order chi connectivity index (χ1) is 15.3. The zero-order chi connectivity index (χ0) is 24.6. The first-order valence-electron chi connectivity index (χ1n) is 8.97. The minimum atomic E-state index is -5.82. The number of rotatable bonds is 6. The van der Waals surface area contributed by atoms with Gasteiger partial charge in [0.25, 0.3) is 5.91 Å². The molecule has 0 unspecified atom stereocenters. The van der Waals surface area contributed by atoms with Crippen LogP contribution in [0.3, 0.4) is 0 Å². The maximum Gasteiger partial charge on any atom is 0.458 e. The largest absolute Gasteiger partial charge is 0.458 e. The second-order valence-electron chi connectivity index (χ2n) is 6.54. The van der Waals surface area contributed by atoms with Crippen LogP contribution >= 0.6 is 22.9 Å². The minimum absolute atomic E-state index is 0.268. The van der Waals surface area contributed by atoms with Crippen LogP contribution in [0.15, 0.2) is 47.6 Å². The Morgan fingerprint density at radius 2 is 1.79 bits per heavy atom. The molecule has 0 aliphatic rings. The van der Waals surface area contributed by atoms with Gasteiger partial charge in [-0.15, -0.1) is 11.3 Å². The van der Waals surface area contributed by atoms with Gasteiger partial charge < -0.3 is 5.32 Å². The van der Waals surface area contributed by atoms with Crippen molar-refractivity contribution in [2.24, 2.45) is 0 Å². The molecule has 0 aliphatic carbocycles. The van der Waals surface area contributed by atoms with Crippen LogP contribution in [-0.2, 0) is 15.8 Å². The molecule has 1 amide bonds.